The van der Waals surface area contributed by atoms with Crippen molar-refractivity contribution in [3.63, 3.8) is 0 Å². The lowest BCUT2D eigenvalue weighted by molar-refractivity contribution is 0.0836. The van der Waals surface area contributed by atoms with Gasteiger partial charge in [-0.15, -0.1) is 0 Å². The molecule has 0 radical (unpaired) electrons. The van der Waals surface area contributed by atoms with Crippen LogP contribution in [0.15, 0.2) is 6.07 Å². The number of rotatable bonds is 3. The van der Waals surface area contributed by atoms with Gasteiger partial charge in [-0.2, -0.15) is 0 Å². The molecule has 0 bridgehead atoms. The zero-order chi connectivity index (χ0) is 11.4. The fourth-order valence-electron chi connectivity index (χ4n) is 2.00. The smallest absolute Gasteiger partial charge is 0.134 e. The Kier molecular flexibility index (Phi) is 3.72. The van der Waals surface area contributed by atoms with E-state index in [1.807, 2.05) is 13.0 Å². The molecular formula is C12H19N3O. The van der Waals surface area contributed by atoms with Gasteiger partial charge >= 0.3 is 0 Å². The van der Waals surface area contributed by atoms with E-state index in [9.17, 15) is 0 Å². The van der Waals surface area contributed by atoms with E-state index in [0.29, 0.717) is 5.92 Å². The number of nitrogens with zero attached hydrogens (tertiary/aromatic N) is 2. The summed E-state index contributed by atoms with van der Waals surface area (Å²) in [5.41, 5.74) is 1.03. The summed E-state index contributed by atoms with van der Waals surface area (Å²) in [6.07, 6.45) is 2.07. The molecule has 0 aromatic carbocycles. The van der Waals surface area contributed by atoms with Crippen LogP contribution in [0.4, 0.5) is 5.82 Å². The van der Waals surface area contributed by atoms with E-state index < -0.39 is 0 Å². The van der Waals surface area contributed by atoms with Crippen molar-refractivity contribution in [2.24, 2.45) is 0 Å². The number of aryl methyl sites for hydroxylation is 1. The molecule has 2 rings (SSSR count). The SMILES string of the molecule is CCNc1cc(C)nc(C2CCOCC2)n1. The summed E-state index contributed by atoms with van der Waals surface area (Å²) in [5.74, 6) is 2.38. The molecule has 4 heteroatoms. The Morgan fingerprint density at radius 3 is 2.81 bits per heavy atom. The first-order chi connectivity index (χ1) is 7.79. The summed E-state index contributed by atoms with van der Waals surface area (Å²) in [4.78, 5) is 9.10. The first kappa shape index (κ1) is 11.3. The average molecular weight is 221 g/mol. The summed E-state index contributed by atoms with van der Waals surface area (Å²) in [5, 5.41) is 3.25. The molecule has 0 atom stereocenters. The highest BCUT2D eigenvalue weighted by atomic mass is 16.5. The fourth-order valence-corrected chi connectivity index (χ4v) is 2.00. The van der Waals surface area contributed by atoms with Gasteiger partial charge in [-0.3, -0.25) is 0 Å². The molecule has 1 N–H and O–H groups in total. The minimum atomic E-state index is 0.464. The molecule has 1 aliphatic heterocycles. The normalized spacial score (nSPS) is 17.4. The summed E-state index contributed by atoms with van der Waals surface area (Å²) in [7, 11) is 0. The van der Waals surface area contributed by atoms with Crippen LogP contribution in [-0.2, 0) is 4.74 Å². The summed E-state index contributed by atoms with van der Waals surface area (Å²) in [6, 6.07) is 1.99. The fraction of sp³-hybridized carbons (Fsp3) is 0.667. The Labute approximate surface area is 96.4 Å². The predicted octanol–water partition coefficient (Wildman–Crippen LogP) is 2.11. The van der Waals surface area contributed by atoms with Crippen molar-refractivity contribution in [1.29, 1.82) is 0 Å². The van der Waals surface area contributed by atoms with Crippen molar-refractivity contribution < 1.29 is 4.74 Å². The van der Waals surface area contributed by atoms with Gasteiger partial charge in [-0.05, 0) is 26.7 Å². The van der Waals surface area contributed by atoms with Crippen LogP contribution in [0.2, 0.25) is 0 Å². The molecule has 1 fully saturated rings. The van der Waals surface area contributed by atoms with E-state index in [-0.39, 0.29) is 0 Å². The lowest BCUT2D eigenvalue weighted by Crippen LogP contribution is -2.17. The highest BCUT2D eigenvalue weighted by Crippen LogP contribution is 2.25. The summed E-state index contributed by atoms with van der Waals surface area (Å²) < 4.78 is 5.36. The van der Waals surface area contributed by atoms with Gasteiger partial charge in [0.2, 0.25) is 0 Å². The molecule has 0 aliphatic carbocycles. The number of anilines is 1. The largest absolute Gasteiger partial charge is 0.381 e. The molecule has 16 heavy (non-hydrogen) atoms. The van der Waals surface area contributed by atoms with Crippen LogP contribution in [0.5, 0.6) is 0 Å². The third-order valence-corrected chi connectivity index (χ3v) is 2.82. The number of aromatic nitrogens is 2. The van der Waals surface area contributed by atoms with Gasteiger partial charge in [-0.25, -0.2) is 9.97 Å². The van der Waals surface area contributed by atoms with E-state index >= 15 is 0 Å². The molecule has 0 unspecified atom stereocenters. The lowest BCUT2D eigenvalue weighted by atomic mass is 9.99. The number of ether oxygens (including phenoxy) is 1. The third-order valence-electron chi connectivity index (χ3n) is 2.82. The van der Waals surface area contributed by atoms with Crippen LogP contribution in [0, 0.1) is 6.92 Å². The molecule has 1 aliphatic rings. The van der Waals surface area contributed by atoms with Crippen molar-refractivity contribution in [1.82, 2.24) is 9.97 Å². The molecule has 2 heterocycles. The van der Waals surface area contributed by atoms with Gasteiger partial charge in [0.25, 0.3) is 0 Å². The standard InChI is InChI=1S/C12H19N3O/c1-3-13-11-8-9(2)14-12(15-11)10-4-6-16-7-5-10/h8,10H,3-7H2,1-2H3,(H,13,14,15). The minimum Gasteiger partial charge on any atom is -0.381 e. The first-order valence-corrected chi connectivity index (χ1v) is 5.96. The Balaban J connectivity index is 2.18. The summed E-state index contributed by atoms with van der Waals surface area (Å²) in [6.45, 7) is 6.65. The van der Waals surface area contributed by atoms with Crippen LogP contribution in [0.1, 0.15) is 37.2 Å². The van der Waals surface area contributed by atoms with E-state index in [4.69, 9.17) is 4.74 Å². The van der Waals surface area contributed by atoms with Crippen LogP contribution < -0.4 is 5.32 Å². The number of hydrogen-bond donors (Lipinski definition) is 1. The second-order valence-electron chi connectivity index (χ2n) is 4.17. The van der Waals surface area contributed by atoms with Crippen molar-refractivity contribution >= 4 is 5.82 Å². The number of nitrogens with one attached hydrogen (secondary N) is 1. The first-order valence-electron chi connectivity index (χ1n) is 5.96. The van der Waals surface area contributed by atoms with Crippen LogP contribution in [0.3, 0.4) is 0 Å². The minimum absolute atomic E-state index is 0.464. The molecular weight excluding hydrogens is 202 g/mol. The molecule has 1 saturated heterocycles. The van der Waals surface area contributed by atoms with Crippen molar-refractivity contribution in [2.75, 3.05) is 25.1 Å². The molecule has 0 spiro atoms. The second-order valence-corrected chi connectivity index (χ2v) is 4.17. The zero-order valence-electron chi connectivity index (χ0n) is 9.99. The maximum atomic E-state index is 5.36. The van der Waals surface area contributed by atoms with Gasteiger partial charge in [0.05, 0.1) is 0 Å². The predicted molar refractivity (Wildman–Crippen MR) is 63.7 cm³/mol. The van der Waals surface area contributed by atoms with Gasteiger partial charge in [-0.1, -0.05) is 0 Å². The van der Waals surface area contributed by atoms with E-state index in [1.165, 1.54) is 0 Å². The topological polar surface area (TPSA) is 47.0 Å². The molecule has 4 nitrogen and oxygen atoms in total. The molecule has 0 amide bonds. The molecule has 1 aromatic heterocycles. The van der Waals surface area contributed by atoms with Crippen LogP contribution in [-0.4, -0.2) is 29.7 Å². The van der Waals surface area contributed by atoms with Crippen molar-refractivity contribution in [3.05, 3.63) is 17.6 Å². The third kappa shape index (κ3) is 2.70. The van der Waals surface area contributed by atoms with Gasteiger partial charge in [0, 0.05) is 37.4 Å². The van der Waals surface area contributed by atoms with Crippen LogP contribution in [0.25, 0.3) is 0 Å². The van der Waals surface area contributed by atoms with Crippen molar-refractivity contribution in [3.8, 4) is 0 Å². The monoisotopic (exact) mass is 221 g/mol. The van der Waals surface area contributed by atoms with E-state index in [2.05, 4.69) is 22.2 Å². The second kappa shape index (κ2) is 5.25. The molecule has 1 aromatic rings. The van der Waals surface area contributed by atoms with Crippen LogP contribution >= 0.6 is 0 Å². The van der Waals surface area contributed by atoms with Gasteiger partial charge in [0.1, 0.15) is 11.6 Å². The van der Waals surface area contributed by atoms with Gasteiger partial charge in [0.15, 0.2) is 0 Å². The Bertz CT molecular complexity index is 348. The molecule has 0 saturated carbocycles. The van der Waals surface area contributed by atoms with E-state index in [1.54, 1.807) is 0 Å². The number of hydrogen-bond acceptors (Lipinski definition) is 4. The lowest BCUT2D eigenvalue weighted by Gasteiger charge is -2.21. The Morgan fingerprint density at radius 2 is 2.12 bits per heavy atom. The average Bonchev–Trinajstić information content (AvgIpc) is 2.30. The van der Waals surface area contributed by atoms with Crippen molar-refractivity contribution in [2.45, 2.75) is 32.6 Å². The highest BCUT2D eigenvalue weighted by Gasteiger charge is 2.19. The van der Waals surface area contributed by atoms with Gasteiger partial charge < -0.3 is 10.1 Å². The highest BCUT2D eigenvalue weighted by molar-refractivity contribution is 5.36. The quantitative estimate of drug-likeness (QED) is 0.849. The van der Waals surface area contributed by atoms with E-state index in [0.717, 1.165) is 49.9 Å². The Morgan fingerprint density at radius 1 is 1.38 bits per heavy atom. The molecule has 88 valence electrons. The summed E-state index contributed by atoms with van der Waals surface area (Å²) >= 11 is 0. The Hall–Kier alpha value is -1.16. The maximum Gasteiger partial charge on any atom is 0.134 e. The zero-order valence-corrected chi connectivity index (χ0v) is 9.99. The maximum absolute atomic E-state index is 5.36.